The topological polar surface area (TPSA) is 89.3 Å². The molecule has 1 aromatic carbocycles. The molecule has 1 aliphatic heterocycles. The maximum Gasteiger partial charge on any atom is 0.242 e. The molecule has 0 aromatic heterocycles. The summed E-state index contributed by atoms with van der Waals surface area (Å²) < 4.78 is 24.3. The van der Waals surface area contributed by atoms with Crippen molar-refractivity contribution < 1.29 is 13.2 Å². The minimum absolute atomic E-state index is 0.0714. The molecule has 0 radical (unpaired) electrons. The molecule has 1 unspecified atom stereocenters. The largest absolute Gasteiger partial charge is 0.368 e. The summed E-state index contributed by atoms with van der Waals surface area (Å²) in [5.74, 6) is -0.268. The second-order valence-electron chi connectivity index (χ2n) is 5.61. The average molecular weight is 296 g/mol. The summed E-state index contributed by atoms with van der Waals surface area (Å²) in [5.41, 5.74) is 4.98. The molecule has 2 rings (SSSR count). The van der Waals surface area contributed by atoms with E-state index in [1.54, 1.807) is 24.3 Å². The second-order valence-corrected chi connectivity index (χ2v) is 7.69. The Balaban J connectivity index is 2.57. The first kappa shape index (κ1) is 15.0. The predicted molar refractivity (Wildman–Crippen MR) is 76.8 cm³/mol. The molecule has 20 heavy (non-hydrogen) atoms. The number of fused-ring (bicyclic) bond motifs is 1. The van der Waals surface area contributed by atoms with Crippen molar-refractivity contribution in [2.45, 2.75) is 30.7 Å². The molecule has 1 aliphatic rings. The number of nitrogens with one attached hydrogen (secondary N) is 1. The van der Waals surface area contributed by atoms with Crippen molar-refractivity contribution in [1.82, 2.24) is 5.32 Å². The summed E-state index contributed by atoms with van der Waals surface area (Å²) in [6, 6.07) is 6.60. The van der Waals surface area contributed by atoms with Gasteiger partial charge in [0.15, 0.2) is 9.84 Å². The van der Waals surface area contributed by atoms with Gasteiger partial charge in [0.05, 0.1) is 10.6 Å². The Morgan fingerprint density at radius 1 is 1.40 bits per heavy atom. The number of carbonyl (C=O) groups is 1. The fourth-order valence-corrected chi connectivity index (χ4v) is 4.19. The molecule has 1 amide bonds. The molecule has 0 aliphatic carbocycles. The molecule has 0 bridgehead atoms. The Bertz CT molecular complexity index is 625. The molecule has 0 fully saturated rings. The van der Waals surface area contributed by atoms with E-state index in [1.807, 2.05) is 13.8 Å². The van der Waals surface area contributed by atoms with Gasteiger partial charge in [0.25, 0.3) is 0 Å². The number of primary amides is 1. The molecule has 1 aromatic rings. The number of rotatable bonds is 4. The first-order valence-corrected chi connectivity index (χ1v) is 8.32. The Labute approximate surface area is 119 Å². The lowest BCUT2D eigenvalue weighted by Gasteiger charge is -2.37. The van der Waals surface area contributed by atoms with E-state index in [-0.39, 0.29) is 17.1 Å². The highest BCUT2D eigenvalue weighted by Gasteiger charge is 2.46. The number of amides is 1. The molecule has 110 valence electrons. The van der Waals surface area contributed by atoms with E-state index in [0.29, 0.717) is 18.0 Å². The van der Waals surface area contributed by atoms with Crippen molar-refractivity contribution in [3.63, 3.8) is 0 Å². The molecular formula is C14H20N2O3S. The minimum Gasteiger partial charge on any atom is -0.368 e. The first-order chi connectivity index (χ1) is 9.29. The van der Waals surface area contributed by atoms with Gasteiger partial charge in [-0.15, -0.1) is 0 Å². The maximum absolute atomic E-state index is 12.1. The van der Waals surface area contributed by atoms with Gasteiger partial charge in [-0.25, -0.2) is 8.42 Å². The molecule has 1 heterocycles. The third kappa shape index (κ3) is 2.45. The predicted octanol–water partition coefficient (Wildman–Crippen LogP) is 0.790. The maximum atomic E-state index is 12.1. The SMILES string of the molecule is CC(C)CNC1(C(N)=O)CCS(=O)(=O)c2ccccc21. The molecule has 0 spiro atoms. The van der Waals surface area contributed by atoms with Crippen LogP contribution in [0.1, 0.15) is 25.8 Å². The van der Waals surface area contributed by atoms with E-state index in [2.05, 4.69) is 5.32 Å². The third-order valence-corrected chi connectivity index (χ3v) is 5.43. The van der Waals surface area contributed by atoms with Crippen molar-refractivity contribution in [3.05, 3.63) is 29.8 Å². The molecular weight excluding hydrogens is 276 g/mol. The summed E-state index contributed by atoms with van der Waals surface area (Å²) in [6.45, 7) is 4.64. The van der Waals surface area contributed by atoms with Crippen LogP contribution in [0.15, 0.2) is 29.2 Å². The van der Waals surface area contributed by atoms with Gasteiger partial charge in [0.1, 0.15) is 5.54 Å². The molecule has 0 saturated heterocycles. The average Bonchev–Trinajstić information content (AvgIpc) is 2.38. The van der Waals surface area contributed by atoms with Gasteiger partial charge >= 0.3 is 0 Å². The smallest absolute Gasteiger partial charge is 0.242 e. The highest BCUT2D eigenvalue weighted by atomic mass is 32.2. The van der Waals surface area contributed by atoms with Crippen LogP contribution in [0.25, 0.3) is 0 Å². The number of nitrogens with two attached hydrogens (primary N) is 1. The highest BCUT2D eigenvalue weighted by molar-refractivity contribution is 7.91. The zero-order valence-electron chi connectivity index (χ0n) is 11.7. The summed E-state index contributed by atoms with van der Waals surface area (Å²) in [5, 5.41) is 3.19. The van der Waals surface area contributed by atoms with Crippen LogP contribution in [0.3, 0.4) is 0 Å². The van der Waals surface area contributed by atoms with Gasteiger partial charge in [-0.1, -0.05) is 32.0 Å². The van der Waals surface area contributed by atoms with Crippen LogP contribution in [-0.4, -0.2) is 26.6 Å². The highest BCUT2D eigenvalue weighted by Crippen LogP contribution is 2.36. The van der Waals surface area contributed by atoms with Gasteiger partial charge in [-0.2, -0.15) is 0 Å². The van der Waals surface area contributed by atoms with Crippen molar-refractivity contribution in [1.29, 1.82) is 0 Å². The number of sulfone groups is 1. The van der Waals surface area contributed by atoms with Crippen LogP contribution in [-0.2, 0) is 20.2 Å². The quantitative estimate of drug-likeness (QED) is 0.859. The number of hydrogen-bond donors (Lipinski definition) is 2. The number of hydrogen-bond acceptors (Lipinski definition) is 4. The molecule has 5 nitrogen and oxygen atoms in total. The van der Waals surface area contributed by atoms with Gasteiger partial charge in [-0.3, -0.25) is 10.1 Å². The molecule has 1 atom stereocenters. The van der Waals surface area contributed by atoms with E-state index in [0.717, 1.165) is 0 Å². The summed E-state index contributed by atoms with van der Waals surface area (Å²) in [7, 11) is -3.33. The normalized spacial score (nSPS) is 24.4. The zero-order chi connectivity index (χ0) is 15.0. The lowest BCUT2D eigenvalue weighted by Crippen LogP contribution is -2.56. The Morgan fingerprint density at radius 3 is 2.65 bits per heavy atom. The van der Waals surface area contributed by atoms with Crippen LogP contribution in [0, 0.1) is 5.92 Å². The Morgan fingerprint density at radius 2 is 2.05 bits per heavy atom. The van der Waals surface area contributed by atoms with Gasteiger partial charge in [-0.05, 0) is 24.9 Å². The van der Waals surface area contributed by atoms with E-state index in [1.165, 1.54) is 0 Å². The molecule has 3 N–H and O–H groups in total. The van der Waals surface area contributed by atoms with Gasteiger partial charge < -0.3 is 5.73 Å². The molecule has 0 saturated carbocycles. The van der Waals surface area contributed by atoms with Gasteiger partial charge in [0.2, 0.25) is 5.91 Å². The van der Waals surface area contributed by atoms with E-state index in [4.69, 9.17) is 5.73 Å². The van der Waals surface area contributed by atoms with E-state index >= 15 is 0 Å². The monoisotopic (exact) mass is 296 g/mol. The summed E-state index contributed by atoms with van der Waals surface area (Å²) in [6.07, 6.45) is 0.175. The van der Waals surface area contributed by atoms with Gasteiger partial charge in [0, 0.05) is 5.56 Å². The standard InChI is InChI=1S/C14H20N2O3S/c1-10(2)9-16-14(13(15)17)7-8-20(18,19)12-6-4-3-5-11(12)14/h3-6,10,16H,7-9H2,1-2H3,(H2,15,17). The van der Waals surface area contributed by atoms with Crippen LogP contribution >= 0.6 is 0 Å². The molecule has 6 heteroatoms. The lowest BCUT2D eigenvalue weighted by atomic mass is 9.85. The van der Waals surface area contributed by atoms with Crippen molar-refractivity contribution in [2.75, 3.05) is 12.3 Å². The number of benzene rings is 1. The van der Waals surface area contributed by atoms with Crippen LogP contribution < -0.4 is 11.1 Å². The lowest BCUT2D eigenvalue weighted by molar-refractivity contribution is -0.125. The summed E-state index contributed by atoms with van der Waals surface area (Å²) in [4.78, 5) is 12.2. The van der Waals surface area contributed by atoms with Crippen molar-refractivity contribution >= 4 is 15.7 Å². The van der Waals surface area contributed by atoms with Crippen LogP contribution in [0.4, 0.5) is 0 Å². The zero-order valence-corrected chi connectivity index (χ0v) is 12.5. The number of carbonyl (C=O) groups excluding carboxylic acids is 1. The minimum atomic E-state index is -3.33. The van der Waals surface area contributed by atoms with E-state index < -0.39 is 21.3 Å². The third-order valence-electron chi connectivity index (χ3n) is 3.66. The first-order valence-electron chi connectivity index (χ1n) is 6.67. The Hall–Kier alpha value is -1.40. The van der Waals surface area contributed by atoms with Crippen LogP contribution in [0.2, 0.25) is 0 Å². The second kappa shape index (κ2) is 5.18. The Kier molecular flexibility index (Phi) is 3.88. The van der Waals surface area contributed by atoms with Crippen LogP contribution in [0.5, 0.6) is 0 Å². The fraction of sp³-hybridized carbons (Fsp3) is 0.500. The van der Waals surface area contributed by atoms with Crippen molar-refractivity contribution in [3.8, 4) is 0 Å². The van der Waals surface area contributed by atoms with Crippen molar-refractivity contribution in [2.24, 2.45) is 11.7 Å². The fourth-order valence-electron chi connectivity index (χ4n) is 2.53. The van der Waals surface area contributed by atoms with E-state index in [9.17, 15) is 13.2 Å². The summed E-state index contributed by atoms with van der Waals surface area (Å²) >= 11 is 0.